The van der Waals surface area contributed by atoms with Gasteiger partial charge in [0.2, 0.25) is 5.43 Å². The van der Waals surface area contributed by atoms with Gasteiger partial charge in [0.15, 0.2) is 11.2 Å². The lowest BCUT2D eigenvalue weighted by Crippen LogP contribution is -2.11. The molecule has 2 aromatic carbocycles. The van der Waals surface area contributed by atoms with Gasteiger partial charge in [0.1, 0.15) is 0 Å². The van der Waals surface area contributed by atoms with Crippen molar-refractivity contribution in [2.45, 2.75) is 0 Å². The quantitative estimate of drug-likeness (QED) is 0.416. The van der Waals surface area contributed by atoms with Crippen LogP contribution in [0, 0.1) is 0 Å². The van der Waals surface area contributed by atoms with Gasteiger partial charge < -0.3 is 4.98 Å². The lowest BCUT2D eigenvalue weighted by molar-refractivity contribution is 1.21. The van der Waals surface area contributed by atoms with Crippen LogP contribution in [0.5, 0.6) is 0 Å². The first-order chi connectivity index (χ1) is 16.3. The number of aromatic amines is 1. The summed E-state index contributed by atoms with van der Waals surface area (Å²) in [6.07, 6.45) is 6.79. The van der Waals surface area contributed by atoms with E-state index >= 15 is 0 Å². The number of nitrogens with one attached hydrogen (secondary N) is 1. The van der Waals surface area contributed by atoms with Crippen molar-refractivity contribution in [1.82, 2.24) is 24.9 Å². The van der Waals surface area contributed by atoms with Gasteiger partial charge in [-0.05, 0) is 24.3 Å². The van der Waals surface area contributed by atoms with Gasteiger partial charge in [-0.3, -0.25) is 14.8 Å². The third-order valence-electron chi connectivity index (χ3n) is 5.60. The van der Waals surface area contributed by atoms with Crippen molar-refractivity contribution in [1.29, 1.82) is 0 Å². The summed E-state index contributed by atoms with van der Waals surface area (Å²) in [6, 6.07) is 23.4. The molecule has 0 unspecified atom stereocenters. The van der Waals surface area contributed by atoms with E-state index in [4.69, 9.17) is 9.97 Å². The minimum absolute atomic E-state index is 0.187. The van der Waals surface area contributed by atoms with Gasteiger partial charge in [-0.25, -0.2) is 9.97 Å². The lowest BCUT2D eigenvalue weighted by Gasteiger charge is -2.11. The van der Waals surface area contributed by atoms with E-state index in [1.807, 2.05) is 66.7 Å². The van der Waals surface area contributed by atoms with E-state index in [2.05, 4.69) is 15.0 Å². The number of H-pyrrole nitrogens is 1. The Balaban J connectivity index is 1.65. The third-order valence-corrected chi connectivity index (χ3v) is 5.60. The molecule has 0 fully saturated rings. The van der Waals surface area contributed by atoms with E-state index in [0.29, 0.717) is 22.6 Å². The molecule has 0 amide bonds. The highest BCUT2D eigenvalue weighted by atomic mass is 16.1. The standard InChI is InChI=1S/C27H17N5O/c33-26-21(20-9-4-12-28-15-20)16-30-27-25(26)31-24(23(32-27)17-6-2-1-3-7-17)19-10-11-22-18(14-19)8-5-13-29-22/h1-16H,(H,30,32,33). The number of hydrogen-bond acceptors (Lipinski definition) is 5. The number of fused-ring (bicyclic) bond motifs is 2. The van der Waals surface area contributed by atoms with Gasteiger partial charge in [-0.1, -0.05) is 48.5 Å². The molecule has 0 bridgehead atoms. The minimum atomic E-state index is -0.187. The van der Waals surface area contributed by atoms with Crippen LogP contribution in [0.15, 0.2) is 102 Å². The van der Waals surface area contributed by atoms with E-state index < -0.39 is 0 Å². The predicted molar refractivity (Wildman–Crippen MR) is 130 cm³/mol. The van der Waals surface area contributed by atoms with Gasteiger partial charge in [0, 0.05) is 52.4 Å². The summed E-state index contributed by atoms with van der Waals surface area (Å²) in [4.78, 5) is 34.8. The van der Waals surface area contributed by atoms with Crippen LogP contribution in [0.3, 0.4) is 0 Å². The summed E-state index contributed by atoms with van der Waals surface area (Å²) < 4.78 is 0. The molecule has 4 aromatic heterocycles. The Hall–Kier alpha value is -4.71. The van der Waals surface area contributed by atoms with Gasteiger partial charge in [0.05, 0.1) is 16.9 Å². The molecule has 0 aliphatic heterocycles. The molecule has 1 N–H and O–H groups in total. The molecule has 0 spiro atoms. The summed E-state index contributed by atoms with van der Waals surface area (Å²) in [6.45, 7) is 0. The molecule has 4 heterocycles. The van der Waals surface area contributed by atoms with Crippen molar-refractivity contribution in [2.75, 3.05) is 0 Å². The first-order valence-electron chi connectivity index (χ1n) is 10.5. The molecule has 0 radical (unpaired) electrons. The lowest BCUT2D eigenvalue weighted by atomic mass is 10.0. The van der Waals surface area contributed by atoms with Crippen LogP contribution < -0.4 is 5.43 Å². The highest BCUT2D eigenvalue weighted by molar-refractivity contribution is 5.90. The van der Waals surface area contributed by atoms with E-state index in [-0.39, 0.29) is 10.9 Å². The molecule has 6 rings (SSSR count). The average molecular weight is 427 g/mol. The highest BCUT2D eigenvalue weighted by Gasteiger charge is 2.17. The largest absolute Gasteiger partial charge is 0.344 e. The number of nitrogens with zero attached hydrogens (tertiary/aromatic N) is 4. The number of pyridine rings is 3. The summed E-state index contributed by atoms with van der Waals surface area (Å²) >= 11 is 0. The molecule has 6 heteroatoms. The first kappa shape index (κ1) is 19.0. The van der Waals surface area contributed by atoms with Gasteiger partial charge >= 0.3 is 0 Å². The van der Waals surface area contributed by atoms with Crippen LogP contribution in [0.2, 0.25) is 0 Å². The van der Waals surface area contributed by atoms with Crippen LogP contribution in [-0.4, -0.2) is 24.9 Å². The Bertz CT molecular complexity index is 1680. The predicted octanol–water partition coefficient (Wildman–Crippen LogP) is 5.26. The molecular formula is C27H17N5O. The number of aromatic nitrogens is 5. The maximum Gasteiger partial charge on any atom is 0.217 e. The maximum absolute atomic E-state index is 13.4. The van der Waals surface area contributed by atoms with Crippen LogP contribution in [0.4, 0.5) is 0 Å². The van der Waals surface area contributed by atoms with Crippen LogP contribution in [0.1, 0.15) is 0 Å². The fourth-order valence-electron chi connectivity index (χ4n) is 3.99. The van der Waals surface area contributed by atoms with Crippen LogP contribution in [0.25, 0.3) is 55.7 Å². The topological polar surface area (TPSA) is 84.4 Å². The molecular weight excluding hydrogens is 410 g/mol. The summed E-state index contributed by atoms with van der Waals surface area (Å²) in [5, 5.41) is 0.994. The van der Waals surface area contributed by atoms with E-state index in [1.54, 1.807) is 30.9 Å². The van der Waals surface area contributed by atoms with Crippen molar-refractivity contribution in [2.24, 2.45) is 0 Å². The second kappa shape index (κ2) is 7.76. The van der Waals surface area contributed by atoms with Crippen molar-refractivity contribution in [3.05, 3.63) is 108 Å². The fraction of sp³-hybridized carbons (Fsp3) is 0. The monoisotopic (exact) mass is 427 g/mol. The van der Waals surface area contributed by atoms with Crippen LogP contribution >= 0.6 is 0 Å². The molecule has 6 nitrogen and oxygen atoms in total. The van der Waals surface area contributed by atoms with Crippen molar-refractivity contribution in [3.63, 3.8) is 0 Å². The summed E-state index contributed by atoms with van der Waals surface area (Å²) in [5.41, 5.74) is 5.82. The number of benzene rings is 2. The Labute approximate surface area is 188 Å². The van der Waals surface area contributed by atoms with E-state index in [0.717, 1.165) is 27.6 Å². The third kappa shape index (κ3) is 3.34. The van der Waals surface area contributed by atoms with Crippen molar-refractivity contribution >= 4 is 22.1 Å². The molecule has 0 aliphatic carbocycles. The molecule has 33 heavy (non-hydrogen) atoms. The normalized spacial score (nSPS) is 11.2. The summed E-state index contributed by atoms with van der Waals surface area (Å²) in [7, 11) is 0. The number of hydrogen-bond donors (Lipinski definition) is 1. The average Bonchev–Trinajstić information content (AvgIpc) is 2.89. The Morgan fingerprint density at radius 3 is 2.39 bits per heavy atom. The van der Waals surface area contributed by atoms with E-state index in [1.165, 1.54) is 0 Å². The number of rotatable bonds is 3. The molecule has 0 saturated heterocycles. The fourth-order valence-corrected chi connectivity index (χ4v) is 3.99. The minimum Gasteiger partial charge on any atom is -0.344 e. The van der Waals surface area contributed by atoms with Crippen molar-refractivity contribution in [3.8, 4) is 33.6 Å². The SMILES string of the molecule is O=c1c(-c2cccnc2)c[nH]c2nc(-c3ccccc3)c(-c3ccc4ncccc4c3)nc12. The Morgan fingerprint density at radius 1 is 0.727 bits per heavy atom. The second-order valence-electron chi connectivity index (χ2n) is 7.67. The molecule has 0 saturated carbocycles. The smallest absolute Gasteiger partial charge is 0.217 e. The molecule has 6 aromatic rings. The highest BCUT2D eigenvalue weighted by Crippen LogP contribution is 2.31. The zero-order valence-corrected chi connectivity index (χ0v) is 17.4. The zero-order valence-electron chi connectivity index (χ0n) is 17.4. The molecule has 0 aliphatic rings. The molecule has 0 atom stereocenters. The van der Waals surface area contributed by atoms with Crippen molar-refractivity contribution < 1.29 is 0 Å². The van der Waals surface area contributed by atoms with Gasteiger partial charge in [0.25, 0.3) is 0 Å². The zero-order chi connectivity index (χ0) is 22.2. The maximum atomic E-state index is 13.4. The summed E-state index contributed by atoms with van der Waals surface area (Å²) in [5.74, 6) is 0. The van der Waals surface area contributed by atoms with E-state index in [9.17, 15) is 4.79 Å². The first-order valence-corrected chi connectivity index (χ1v) is 10.5. The van der Waals surface area contributed by atoms with Gasteiger partial charge in [-0.15, -0.1) is 0 Å². The Kier molecular flexibility index (Phi) is 4.47. The Morgan fingerprint density at radius 2 is 1.55 bits per heavy atom. The van der Waals surface area contributed by atoms with Crippen LogP contribution in [-0.2, 0) is 0 Å². The molecule has 156 valence electrons. The second-order valence-corrected chi connectivity index (χ2v) is 7.67. The van der Waals surface area contributed by atoms with Gasteiger partial charge in [-0.2, -0.15) is 0 Å².